The topological polar surface area (TPSA) is 40.5 Å². The highest BCUT2D eigenvalue weighted by Gasteiger charge is 2.28. The molecule has 78 valence electrons. The first kappa shape index (κ1) is 11.2. The van der Waals surface area contributed by atoms with Crippen molar-refractivity contribution in [3.05, 3.63) is 28.3 Å². The van der Waals surface area contributed by atoms with Crippen molar-refractivity contribution in [2.45, 2.75) is 19.4 Å². The van der Waals surface area contributed by atoms with Crippen LogP contribution in [0.2, 0.25) is 5.02 Å². The Morgan fingerprint density at radius 1 is 1.36 bits per heavy atom. The number of aliphatic hydroxyl groups is 1. The molecule has 5 heteroatoms. The fraction of sp³-hybridized carbons (Fsp3) is 0.333. The highest BCUT2D eigenvalue weighted by Crippen LogP contribution is 2.37. The Balaban J connectivity index is 3.56. The first-order valence-electron chi connectivity index (χ1n) is 3.84. The fourth-order valence-electron chi connectivity index (χ4n) is 1.14. The molecular formula is C9H9ClF2O2. The molecule has 0 aliphatic rings. The molecule has 0 aliphatic carbocycles. The number of phenolic OH excluding ortho intramolecular Hbond substituents is 1. The van der Waals surface area contributed by atoms with E-state index < -0.39 is 28.5 Å². The van der Waals surface area contributed by atoms with E-state index in [1.165, 1.54) is 13.8 Å². The molecule has 0 heterocycles. The summed E-state index contributed by atoms with van der Waals surface area (Å²) in [7, 11) is 0. The van der Waals surface area contributed by atoms with Crippen LogP contribution in [0, 0.1) is 11.6 Å². The number of hydrogen-bond donors (Lipinski definition) is 2. The van der Waals surface area contributed by atoms with Gasteiger partial charge in [-0.3, -0.25) is 0 Å². The lowest BCUT2D eigenvalue weighted by molar-refractivity contribution is 0.0707. The van der Waals surface area contributed by atoms with Gasteiger partial charge in [0.15, 0.2) is 11.6 Å². The van der Waals surface area contributed by atoms with Gasteiger partial charge in [-0.05, 0) is 19.9 Å². The summed E-state index contributed by atoms with van der Waals surface area (Å²) in [6, 6.07) is 0.654. The second-order valence-corrected chi connectivity index (χ2v) is 3.84. The monoisotopic (exact) mass is 222 g/mol. The van der Waals surface area contributed by atoms with Gasteiger partial charge >= 0.3 is 0 Å². The smallest absolute Gasteiger partial charge is 0.168 e. The third-order valence-corrected chi connectivity index (χ3v) is 2.05. The Bertz CT molecular complexity index is 346. The summed E-state index contributed by atoms with van der Waals surface area (Å²) in [6.45, 7) is 2.45. The molecule has 1 rings (SSSR count). The van der Waals surface area contributed by atoms with Crippen LogP contribution in [0.4, 0.5) is 8.78 Å². The zero-order chi connectivity index (χ0) is 11.1. The molecule has 0 aromatic heterocycles. The Labute approximate surface area is 84.7 Å². The van der Waals surface area contributed by atoms with Crippen molar-refractivity contribution < 1.29 is 19.0 Å². The van der Waals surface area contributed by atoms with Crippen LogP contribution in [-0.4, -0.2) is 10.2 Å². The summed E-state index contributed by atoms with van der Waals surface area (Å²) in [5, 5.41) is 18.5. The van der Waals surface area contributed by atoms with Gasteiger partial charge in [0.05, 0.1) is 16.2 Å². The van der Waals surface area contributed by atoms with E-state index in [9.17, 15) is 19.0 Å². The summed E-state index contributed by atoms with van der Waals surface area (Å²) < 4.78 is 26.1. The average Bonchev–Trinajstić information content (AvgIpc) is 1.98. The molecule has 0 unspecified atom stereocenters. The molecular weight excluding hydrogens is 214 g/mol. The first-order valence-corrected chi connectivity index (χ1v) is 4.22. The molecule has 2 N–H and O–H groups in total. The molecule has 0 amide bonds. The van der Waals surface area contributed by atoms with E-state index in [0.29, 0.717) is 6.07 Å². The van der Waals surface area contributed by atoms with Crippen molar-refractivity contribution in [1.82, 2.24) is 0 Å². The minimum absolute atomic E-state index is 0.332. The number of halogens is 3. The SMILES string of the molecule is CC(C)(O)c1c(O)c(Cl)cc(F)c1F. The molecule has 0 bridgehead atoms. The lowest BCUT2D eigenvalue weighted by Crippen LogP contribution is -2.18. The molecule has 0 spiro atoms. The molecule has 0 saturated heterocycles. The maximum atomic E-state index is 13.2. The van der Waals surface area contributed by atoms with Gasteiger partial charge in [0, 0.05) is 0 Å². The van der Waals surface area contributed by atoms with Crippen molar-refractivity contribution in [3.8, 4) is 5.75 Å². The van der Waals surface area contributed by atoms with Gasteiger partial charge in [-0.1, -0.05) is 11.6 Å². The fourth-order valence-corrected chi connectivity index (χ4v) is 1.33. The minimum atomic E-state index is -1.69. The maximum absolute atomic E-state index is 13.2. The van der Waals surface area contributed by atoms with Crippen LogP contribution in [-0.2, 0) is 5.60 Å². The summed E-state index contributed by atoms with van der Waals surface area (Å²) >= 11 is 5.43. The minimum Gasteiger partial charge on any atom is -0.506 e. The second-order valence-electron chi connectivity index (χ2n) is 3.44. The Hall–Kier alpha value is -0.870. The molecule has 0 saturated carbocycles. The largest absolute Gasteiger partial charge is 0.506 e. The van der Waals surface area contributed by atoms with Gasteiger partial charge < -0.3 is 10.2 Å². The van der Waals surface area contributed by atoms with E-state index in [1.54, 1.807) is 0 Å². The van der Waals surface area contributed by atoms with E-state index in [0.717, 1.165) is 0 Å². The van der Waals surface area contributed by atoms with E-state index in [1.807, 2.05) is 0 Å². The Morgan fingerprint density at radius 3 is 2.29 bits per heavy atom. The van der Waals surface area contributed by atoms with Crippen molar-refractivity contribution in [1.29, 1.82) is 0 Å². The number of hydrogen-bond acceptors (Lipinski definition) is 2. The Morgan fingerprint density at radius 2 is 1.86 bits per heavy atom. The predicted octanol–water partition coefficient (Wildman–Crippen LogP) is 2.55. The highest BCUT2D eigenvalue weighted by atomic mass is 35.5. The van der Waals surface area contributed by atoms with Crippen molar-refractivity contribution in [2.24, 2.45) is 0 Å². The van der Waals surface area contributed by atoms with Gasteiger partial charge in [-0.2, -0.15) is 0 Å². The van der Waals surface area contributed by atoms with Crippen LogP contribution in [0.15, 0.2) is 6.07 Å². The van der Waals surface area contributed by atoms with Crippen LogP contribution in [0.5, 0.6) is 5.75 Å². The molecule has 0 atom stereocenters. The lowest BCUT2D eigenvalue weighted by Gasteiger charge is -2.20. The van der Waals surface area contributed by atoms with Gasteiger partial charge in [-0.15, -0.1) is 0 Å². The number of phenols is 1. The first-order chi connectivity index (χ1) is 6.25. The van der Waals surface area contributed by atoms with Crippen molar-refractivity contribution in [3.63, 3.8) is 0 Å². The van der Waals surface area contributed by atoms with Gasteiger partial charge in [0.2, 0.25) is 0 Å². The van der Waals surface area contributed by atoms with Gasteiger partial charge in [0.1, 0.15) is 5.75 Å². The van der Waals surface area contributed by atoms with E-state index in [4.69, 9.17) is 11.6 Å². The van der Waals surface area contributed by atoms with Crippen LogP contribution >= 0.6 is 11.6 Å². The van der Waals surface area contributed by atoms with Crippen LogP contribution in [0.1, 0.15) is 19.4 Å². The molecule has 0 aliphatic heterocycles. The van der Waals surface area contributed by atoms with Crippen molar-refractivity contribution >= 4 is 11.6 Å². The standard InChI is InChI=1S/C9H9ClF2O2/c1-9(2,14)6-7(12)5(11)3-4(10)8(6)13/h3,13-14H,1-2H3. The van der Waals surface area contributed by atoms with Gasteiger partial charge in [0.25, 0.3) is 0 Å². The van der Waals surface area contributed by atoms with Crippen LogP contribution in [0.25, 0.3) is 0 Å². The highest BCUT2D eigenvalue weighted by molar-refractivity contribution is 6.32. The van der Waals surface area contributed by atoms with E-state index in [-0.39, 0.29) is 5.02 Å². The zero-order valence-electron chi connectivity index (χ0n) is 7.61. The number of benzene rings is 1. The lowest BCUT2D eigenvalue weighted by atomic mass is 9.96. The van der Waals surface area contributed by atoms with Gasteiger partial charge in [-0.25, -0.2) is 8.78 Å². The average molecular weight is 223 g/mol. The molecule has 0 fully saturated rings. The maximum Gasteiger partial charge on any atom is 0.168 e. The summed E-state index contributed by atoms with van der Waals surface area (Å²) in [4.78, 5) is 0. The Kier molecular flexibility index (Phi) is 2.69. The molecule has 14 heavy (non-hydrogen) atoms. The van der Waals surface area contributed by atoms with Crippen LogP contribution < -0.4 is 0 Å². The number of rotatable bonds is 1. The second kappa shape index (κ2) is 3.37. The third-order valence-electron chi connectivity index (χ3n) is 1.76. The number of aromatic hydroxyl groups is 1. The molecule has 0 radical (unpaired) electrons. The summed E-state index contributed by atoms with van der Waals surface area (Å²) in [5.74, 6) is -3.14. The van der Waals surface area contributed by atoms with Crippen molar-refractivity contribution in [2.75, 3.05) is 0 Å². The quantitative estimate of drug-likeness (QED) is 0.717. The molecule has 1 aromatic carbocycles. The van der Waals surface area contributed by atoms with E-state index >= 15 is 0 Å². The summed E-state index contributed by atoms with van der Waals surface area (Å²) in [5.41, 5.74) is -2.23. The molecule has 2 nitrogen and oxygen atoms in total. The zero-order valence-corrected chi connectivity index (χ0v) is 8.36. The van der Waals surface area contributed by atoms with Crippen LogP contribution in [0.3, 0.4) is 0 Å². The normalized spacial score (nSPS) is 11.9. The third kappa shape index (κ3) is 1.81. The summed E-state index contributed by atoms with van der Waals surface area (Å²) in [6.07, 6.45) is 0. The van der Waals surface area contributed by atoms with E-state index in [2.05, 4.69) is 0 Å². The molecule has 1 aromatic rings. The predicted molar refractivity (Wildman–Crippen MR) is 48.3 cm³/mol.